The van der Waals surface area contributed by atoms with Crippen molar-refractivity contribution in [1.82, 2.24) is 5.32 Å². The van der Waals surface area contributed by atoms with Crippen LogP contribution in [-0.2, 0) is 4.79 Å². The van der Waals surface area contributed by atoms with E-state index < -0.39 is 0 Å². The minimum Gasteiger partial charge on any atom is -0.497 e. The smallest absolute Gasteiger partial charge is 0.234 e. The Morgan fingerprint density at radius 1 is 1.22 bits per heavy atom. The van der Waals surface area contributed by atoms with E-state index in [1.165, 1.54) is 0 Å². The summed E-state index contributed by atoms with van der Waals surface area (Å²) < 4.78 is 5.10. The molecule has 0 radical (unpaired) electrons. The molecule has 1 N–H and O–H groups in total. The number of halogens is 1. The van der Waals surface area contributed by atoms with E-state index in [1.54, 1.807) is 7.11 Å². The van der Waals surface area contributed by atoms with Gasteiger partial charge in [0.1, 0.15) is 5.75 Å². The average molecular weight is 314 g/mol. The van der Waals surface area contributed by atoms with Crippen LogP contribution in [0.1, 0.15) is 32.4 Å². The maximum absolute atomic E-state index is 11.9. The van der Waals surface area contributed by atoms with Gasteiger partial charge in [-0.25, -0.2) is 0 Å². The topological polar surface area (TPSA) is 38.3 Å². The molecule has 1 aromatic carbocycles. The van der Waals surface area contributed by atoms with Gasteiger partial charge in [0, 0.05) is 0 Å². The van der Waals surface area contributed by atoms with Crippen LogP contribution in [0.5, 0.6) is 5.75 Å². The van der Waals surface area contributed by atoms with E-state index in [1.807, 2.05) is 45.0 Å². The first kappa shape index (κ1) is 15.0. The number of ether oxygens (including phenoxy) is 1. The summed E-state index contributed by atoms with van der Waals surface area (Å²) in [5.41, 5.74) is 1.06. The lowest BCUT2D eigenvalue weighted by molar-refractivity contribution is -0.121. The summed E-state index contributed by atoms with van der Waals surface area (Å²) in [6, 6.07) is 7.70. The van der Waals surface area contributed by atoms with E-state index in [0.717, 1.165) is 11.3 Å². The molecule has 18 heavy (non-hydrogen) atoms. The van der Waals surface area contributed by atoms with Crippen molar-refractivity contribution in [1.29, 1.82) is 0 Å². The Kier molecular flexibility index (Phi) is 5.66. The Morgan fingerprint density at radius 2 is 1.78 bits per heavy atom. The van der Waals surface area contributed by atoms with E-state index in [2.05, 4.69) is 21.2 Å². The van der Waals surface area contributed by atoms with E-state index in [9.17, 15) is 4.79 Å². The molecule has 0 unspecified atom stereocenters. The molecule has 1 rings (SSSR count). The maximum atomic E-state index is 11.9. The number of alkyl halides is 1. The number of nitrogens with one attached hydrogen (secondary N) is 1. The molecule has 0 spiro atoms. The van der Waals surface area contributed by atoms with Gasteiger partial charge in [0.25, 0.3) is 0 Å². The van der Waals surface area contributed by atoms with Crippen molar-refractivity contribution in [2.75, 3.05) is 7.11 Å². The van der Waals surface area contributed by atoms with Gasteiger partial charge in [-0.3, -0.25) is 4.79 Å². The van der Waals surface area contributed by atoms with E-state index >= 15 is 0 Å². The standard InChI is InChI=1S/C14H20BrNO2/c1-9(2)13(15)14(17)16-10(3)11-5-7-12(18-4)8-6-11/h5-10,13H,1-4H3,(H,16,17)/t10-,13-/m0/s1. The van der Waals surface area contributed by atoms with Crippen LogP contribution in [-0.4, -0.2) is 17.8 Å². The number of benzene rings is 1. The molecule has 0 fully saturated rings. The monoisotopic (exact) mass is 313 g/mol. The summed E-state index contributed by atoms with van der Waals surface area (Å²) in [5.74, 6) is 1.11. The van der Waals surface area contributed by atoms with Crippen molar-refractivity contribution in [3.05, 3.63) is 29.8 Å². The first-order valence-electron chi connectivity index (χ1n) is 6.04. The van der Waals surface area contributed by atoms with Gasteiger partial charge in [-0.1, -0.05) is 41.9 Å². The molecule has 1 aromatic rings. The van der Waals surface area contributed by atoms with Crippen LogP contribution in [0.4, 0.5) is 0 Å². The molecule has 1 amide bonds. The maximum Gasteiger partial charge on any atom is 0.234 e. The number of hydrogen-bond donors (Lipinski definition) is 1. The van der Waals surface area contributed by atoms with Crippen LogP contribution in [0.25, 0.3) is 0 Å². The fraction of sp³-hybridized carbons (Fsp3) is 0.500. The zero-order valence-corrected chi connectivity index (χ0v) is 12.8. The predicted molar refractivity (Wildman–Crippen MR) is 77.1 cm³/mol. The van der Waals surface area contributed by atoms with Crippen molar-refractivity contribution in [3.8, 4) is 5.75 Å². The Hall–Kier alpha value is -1.03. The second-order valence-electron chi connectivity index (χ2n) is 4.65. The lowest BCUT2D eigenvalue weighted by atomic mass is 10.1. The second kappa shape index (κ2) is 6.78. The van der Waals surface area contributed by atoms with E-state index in [0.29, 0.717) is 0 Å². The van der Waals surface area contributed by atoms with Gasteiger partial charge in [-0.05, 0) is 30.5 Å². The van der Waals surface area contributed by atoms with Crippen LogP contribution in [0.15, 0.2) is 24.3 Å². The highest BCUT2D eigenvalue weighted by Gasteiger charge is 2.20. The highest BCUT2D eigenvalue weighted by Crippen LogP contribution is 2.19. The molecule has 0 aliphatic heterocycles. The third-order valence-corrected chi connectivity index (χ3v) is 4.28. The molecule has 100 valence electrons. The number of amides is 1. The Morgan fingerprint density at radius 3 is 2.22 bits per heavy atom. The number of methoxy groups -OCH3 is 1. The van der Waals surface area contributed by atoms with E-state index in [-0.39, 0.29) is 22.7 Å². The average Bonchev–Trinajstić information content (AvgIpc) is 2.37. The fourth-order valence-corrected chi connectivity index (χ4v) is 1.70. The number of carbonyl (C=O) groups is 1. The SMILES string of the molecule is COc1ccc([C@H](C)NC(=O)[C@@H](Br)C(C)C)cc1. The van der Waals surface area contributed by atoms with Crippen molar-refractivity contribution < 1.29 is 9.53 Å². The van der Waals surface area contributed by atoms with Crippen LogP contribution in [0, 0.1) is 5.92 Å². The third kappa shape index (κ3) is 4.02. The summed E-state index contributed by atoms with van der Waals surface area (Å²) in [6.45, 7) is 5.99. The zero-order valence-electron chi connectivity index (χ0n) is 11.2. The predicted octanol–water partition coefficient (Wildman–Crippen LogP) is 3.29. The lowest BCUT2D eigenvalue weighted by Gasteiger charge is -2.19. The zero-order chi connectivity index (χ0) is 13.7. The molecule has 0 aromatic heterocycles. The quantitative estimate of drug-likeness (QED) is 0.847. The van der Waals surface area contributed by atoms with Gasteiger partial charge in [0.05, 0.1) is 18.0 Å². The summed E-state index contributed by atoms with van der Waals surface area (Å²) in [5, 5.41) is 2.99. The Balaban J connectivity index is 2.64. The van der Waals surface area contributed by atoms with Crippen molar-refractivity contribution in [2.45, 2.75) is 31.6 Å². The molecule has 0 bridgehead atoms. The third-order valence-electron chi connectivity index (χ3n) is 2.81. The molecule has 0 saturated heterocycles. The molecule has 0 aliphatic rings. The van der Waals surface area contributed by atoms with Crippen LogP contribution >= 0.6 is 15.9 Å². The van der Waals surface area contributed by atoms with Crippen molar-refractivity contribution in [3.63, 3.8) is 0 Å². The Labute approximate surface area is 117 Å². The molecular formula is C14H20BrNO2. The van der Waals surface area contributed by atoms with Crippen molar-refractivity contribution in [2.24, 2.45) is 5.92 Å². The van der Waals surface area contributed by atoms with Gasteiger partial charge in [-0.2, -0.15) is 0 Å². The molecular weight excluding hydrogens is 294 g/mol. The fourth-order valence-electron chi connectivity index (χ4n) is 1.57. The summed E-state index contributed by atoms with van der Waals surface area (Å²) in [7, 11) is 1.64. The molecule has 3 nitrogen and oxygen atoms in total. The minimum absolute atomic E-state index is 0.0118. The van der Waals surface area contributed by atoms with Crippen LogP contribution in [0.3, 0.4) is 0 Å². The molecule has 0 aliphatic carbocycles. The normalized spacial score (nSPS) is 14.1. The largest absolute Gasteiger partial charge is 0.497 e. The van der Waals surface area contributed by atoms with Gasteiger partial charge in [0.15, 0.2) is 0 Å². The van der Waals surface area contributed by atoms with Crippen LogP contribution < -0.4 is 10.1 Å². The molecule has 2 atom stereocenters. The molecule has 0 heterocycles. The first-order chi connectivity index (χ1) is 8.45. The van der Waals surface area contributed by atoms with Gasteiger partial charge >= 0.3 is 0 Å². The lowest BCUT2D eigenvalue weighted by Crippen LogP contribution is -2.35. The van der Waals surface area contributed by atoms with Gasteiger partial charge in [-0.15, -0.1) is 0 Å². The number of hydrogen-bond acceptors (Lipinski definition) is 2. The number of carbonyl (C=O) groups excluding carboxylic acids is 1. The second-order valence-corrected chi connectivity index (χ2v) is 5.64. The molecule has 0 saturated carbocycles. The number of rotatable bonds is 5. The highest BCUT2D eigenvalue weighted by molar-refractivity contribution is 9.10. The Bertz CT molecular complexity index is 389. The van der Waals surface area contributed by atoms with Gasteiger partial charge < -0.3 is 10.1 Å². The summed E-state index contributed by atoms with van der Waals surface area (Å²) in [4.78, 5) is 11.8. The summed E-state index contributed by atoms with van der Waals surface area (Å²) >= 11 is 3.40. The van der Waals surface area contributed by atoms with Crippen LogP contribution in [0.2, 0.25) is 0 Å². The van der Waals surface area contributed by atoms with E-state index in [4.69, 9.17) is 4.74 Å². The van der Waals surface area contributed by atoms with Gasteiger partial charge in [0.2, 0.25) is 5.91 Å². The minimum atomic E-state index is -0.154. The van der Waals surface area contributed by atoms with Crippen molar-refractivity contribution >= 4 is 21.8 Å². The summed E-state index contributed by atoms with van der Waals surface area (Å²) in [6.07, 6.45) is 0. The highest BCUT2D eigenvalue weighted by atomic mass is 79.9. The molecule has 4 heteroatoms. The first-order valence-corrected chi connectivity index (χ1v) is 6.95.